The molecule has 0 radical (unpaired) electrons. The molecule has 2 amide bonds. The summed E-state index contributed by atoms with van der Waals surface area (Å²) in [4.78, 5) is 30.7. The van der Waals surface area contributed by atoms with E-state index in [0.29, 0.717) is 31.6 Å². The standard InChI is InChI=1S/C23H32N4O4/c1-24(2)12-19-20(30-6)10-15(11-21(19)31-7)17-13-26(5)22(28)18-14-27(9-8-16(17)18)23(29)25(3)4/h10-11,13H,8-9,12,14H2,1-7H3. The Morgan fingerprint density at radius 3 is 2.19 bits per heavy atom. The van der Waals surface area contributed by atoms with E-state index in [1.54, 1.807) is 49.7 Å². The van der Waals surface area contributed by atoms with E-state index >= 15 is 0 Å². The smallest absolute Gasteiger partial charge is 0.319 e. The zero-order valence-electron chi connectivity index (χ0n) is 19.5. The van der Waals surface area contributed by atoms with E-state index in [2.05, 4.69) is 4.90 Å². The minimum absolute atomic E-state index is 0.0711. The van der Waals surface area contributed by atoms with Crippen LogP contribution in [0.3, 0.4) is 0 Å². The maximum Gasteiger partial charge on any atom is 0.319 e. The number of urea groups is 1. The lowest BCUT2D eigenvalue weighted by molar-refractivity contribution is 0.165. The van der Waals surface area contributed by atoms with Gasteiger partial charge in [-0.3, -0.25) is 4.79 Å². The third kappa shape index (κ3) is 4.39. The second-order valence-corrected chi connectivity index (χ2v) is 8.36. The van der Waals surface area contributed by atoms with Gasteiger partial charge in [-0.05, 0) is 43.8 Å². The number of nitrogens with zero attached hydrogens (tertiary/aromatic N) is 4. The second kappa shape index (κ2) is 9.01. The molecule has 0 saturated heterocycles. The average molecular weight is 429 g/mol. The number of rotatable bonds is 5. The van der Waals surface area contributed by atoms with Gasteiger partial charge < -0.3 is 28.7 Å². The van der Waals surface area contributed by atoms with Gasteiger partial charge in [0.2, 0.25) is 0 Å². The van der Waals surface area contributed by atoms with E-state index in [9.17, 15) is 9.59 Å². The Hall–Kier alpha value is -3.00. The van der Waals surface area contributed by atoms with E-state index in [1.165, 1.54) is 0 Å². The van der Waals surface area contributed by atoms with Crippen molar-refractivity contribution in [3.05, 3.63) is 45.4 Å². The van der Waals surface area contributed by atoms with Gasteiger partial charge in [-0.1, -0.05) is 0 Å². The lowest BCUT2D eigenvalue weighted by Gasteiger charge is -2.32. The number of carbonyl (C=O) groups excluding carboxylic acids is 1. The van der Waals surface area contributed by atoms with Crippen LogP contribution < -0.4 is 15.0 Å². The lowest BCUT2D eigenvalue weighted by Crippen LogP contribution is -2.44. The molecular weight excluding hydrogens is 396 g/mol. The maximum absolute atomic E-state index is 12.9. The quantitative estimate of drug-likeness (QED) is 0.730. The predicted molar refractivity (Wildman–Crippen MR) is 121 cm³/mol. The molecule has 2 aromatic rings. The summed E-state index contributed by atoms with van der Waals surface area (Å²) in [6.07, 6.45) is 2.48. The summed E-state index contributed by atoms with van der Waals surface area (Å²) < 4.78 is 13.0. The number of carbonyl (C=O) groups is 1. The number of aryl methyl sites for hydroxylation is 1. The summed E-state index contributed by atoms with van der Waals surface area (Å²) >= 11 is 0. The minimum Gasteiger partial charge on any atom is -0.496 e. The summed E-state index contributed by atoms with van der Waals surface area (Å²) in [5, 5.41) is 0. The Bertz CT molecular complexity index is 1020. The first kappa shape index (κ1) is 22.7. The van der Waals surface area contributed by atoms with E-state index < -0.39 is 0 Å². The highest BCUT2D eigenvalue weighted by Gasteiger charge is 2.27. The van der Waals surface area contributed by atoms with Crippen molar-refractivity contribution in [3.8, 4) is 22.6 Å². The van der Waals surface area contributed by atoms with E-state index in [0.717, 1.165) is 33.8 Å². The molecule has 3 rings (SSSR count). The fraction of sp³-hybridized carbons (Fsp3) is 0.478. The van der Waals surface area contributed by atoms with Gasteiger partial charge in [0.05, 0.1) is 26.3 Å². The molecule has 0 N–H and O–H groups in total. The van der Waals surface area contributed by atoms with Crippen LogP contribution in [-0.2, 0) is 26.6 Å². The molecule has 1 aromatic heterocycles. The third-order valence-corrected chi connectivity index (χ3v) is 5.62. The fourth-order valence-corrected chi connectivity index (χ4v) is 4.11. The summed E-state index contributed by atoms with van der Waals surface area (Å²) in [7, 11) is 12.5. The first-order valence-corrected chi connectivity index (χ1v) is 10.3. The van der Waals surface area contributed by atoms with E-state index in [4.69, 9.17) is 9.47 Å². The monoisotopic (exact) mass is 428 g/mol. The number of ether oxygens (including phenoxy) is 2. The normalized spacial score (nSPS) is 13.2. The van der Waals surface area contributed by atoms with Crippen LogP contribution in [0.25, 0.3) is 11.1 Å². The van der Waals surface area contributed by atoms with Crippen molar-refractivity contribution >= 4 is 6.03 Å². The molecule has 0 spiro atoms. The van der Waals surface area contributed by atoms with Crippen molar-refractivity contribution in [1.82, 2.24) is 19.3 Å². The first-order valence-electron chi connectivity index (χ1n) is 10.3. The summed E-state index contributed by atoms with van der Waals surface area (Å²) in [6.45, 7) is 1.55. The summed E-state index contributed by atoms with van der Waals surface area (Å²) in [6, 6.07) is 3.91. The number of pyridine rings is 1. The molecule has 8 nitrogen and oxygen atoms in total. The largest absolute Gasteiger partial charge is 0.496 e. The van der Waals surface area contributed by atoms with Gasteiger partial charge in [0.15, 0.2) is 0 Å². The molecule has 0 fully saturated rings. The van der Waals surface area contributed by atoms with Crippen LogP contribution in [0.1, 0.15) is 16.7 Å². The number of hydrogen-bond donors (Lipinski definition) is 0. The molecule has 1 aromatic carbocycles. The van der Waals surface area contributed by atoms with Crippen LogP contribution in [0.5, 0.6) is 11.5 Å². The number of benzene rings is 1. The van der Waals surface area contributed by atoms with Crippen molar-refractivity contribution in [3.63, 3.8) is 0 Å². The molecule has 1 aliphatic rings. The third-order valence-electron chi connectivity index (χ3n) is 5.62. The average Bonchev–Trinajstić information content (AvgIpc) is 2.75. The minimum atomic E-state index is -0.0884. The molecule has 0 bridgehead atoms. The molecule has 31 heavy (non-hydrogen) atoms. The molecule has 0 saturated carbocycles. The molecular formula is C23H32N4O4. The summed E-state index contributed by atoms with van der Waals surface area (Å²) in [5.41, 5.74) is 4.43. The van der Waals surface area contributed by atoms with Crippen molar-refractivity contribution in [2.75, 3.05) is 49.0 Å². The van der Waals surface area contributed by atoms with Gasteiger partial charge in [0.25, 0.3) is 5.56 Å². The number of fused-ring (bicyclic) bond motifs is 1. The van der Waals surface area contributed by atoms with Gasteiger partial charge in [-0.25, -0.2) is 4.79 Å². The van der Waals surface area contributed by atoms with E-state index in [1.807, 2.05) is 32.4 Å². The topological polar surface area (TPSA) is 67.2 Å². The number of methoxy groups -OCH3 is 2. The predicted octanol–water partition coefficient (Wildman–Crippen LogP) is 2.17. The highest BCUT2D eigenvalue weighted by molar-refractivity contribution is 5.76. The van der Waals surface area contributed by atoms with Crippen LogP contribution in [0.2, 0.25) is 0 Å². The van der Waals surface area contributed by atoms with Crippen LogP contribution in [-0.4, -0.2) is 74.3 Å². The van der Waals surface area contributed by atoms with Gasteiger partial charge in [-0.2, -0.15) is 0 Å². The highest BCUT2D eigenvalue weighted by Crippen LogP contribution is 2.38. The number of amides is 2. The molecule has 8 heteroatoms. The molecule has 168 valence electrons. The number of hydrogen-bond acceptors (Lipinski definition) is 5. The Morgan fingerprint density at radius 1 is 1.06 bits per heavy atom. The Labute approximate surface area is 183 Å². The van der Waals surface area contributed by atoms with Gasteiger partial charge in [-0.15, -0.1) is 0 Å². The van der Waals surface area contributed by atoms with Crippen LogP contribution in [0.4, 0.5) is 4.79 Å². The van der Waals surface area contributed by atoms with Crippen molar-refractivity contribution < 1.29 is 14.3 Å². The maximum atomic E-state index is 12.9. The van der Waals surface area contributed by atoms with Crippen LogP contribution in [0.15, 0.2) is 23.1 Å². The van der Waals surface area contributed by atoms with Crippen molar-refractivity contribution in [2.24, 2.45) is 7.05 Å². The SMILES string of the molecule is COc1cc(-c2cn(C)c(=O)c3c2CCN(C(=O)N(C)C)C3)cc(OC)c1CN(C)C. The first-order chi connectivity index (χ1) is 14.7. The molecule has 0 atom stereocenters. The zero-order valence-corrected chi connectivity index (χ0v) is 19.5. The molecule has 0 unspecified atom stereocenters. The zero-order chi connectivity index (χ0) is 22.9. The van der Waals surface area contributed by atoms with E-state index in [-0.39, 0.29) is 11.6 Å². The molecule has 2 heterocycles. The van der Waals surface area contributed by atoms with Gasteiger partial charge in [0, 0.05) is 51.6 Å². The Kier molecular flexibility index (Phi) is 6.59. The lowest BCUT2D eigenvalue weighted by atomic mass is 9.91. The van der Waals surface area contributed by atoms with Crippen molar-refractivity contribution in [2.45, 2.75) is 19.5 Å². The fourth-order valence-electron chi connectivity index (χ4n) is 4.11. The number of aromatic nitrogens is 1. The van der Waals surface area contributed by atoms with Gasteiger partial charge in [0.1, 0.15) is 11.5 Å². The van der Waals surface area contributed by atoms with Crippen LogP contribution >= 0.6 is 0 Å². The second-order valence-electron chi connectivity index (χ2n) is 8.36. The summed E-state index contributed by atoms with van der Waals surface area (Å²) in [5.74, 6) is 1.48. The molecule has 1 aliphatic heterocycles. The Morgan fingerprint density at radius 2 is 1.68 bits per heavy atom. The Balaban J connectivity index is 2.15. The molecule has 0 aliphatic carbocycles. The van der Waals surface area contributed by atoms with Gasteiger partial charge >= 0.3 is 6.03 Å². The highest BCUT2D eigenvalue weighted by atomic mass is 16.5. The van der Waals surface area contributed by atoms with Crippen molar-refractivity contribution in [1.29, 1.82) is 0 Å². The van der Waals surface area contributed by atoms with Crippen LogP contribution in [0, 0.1) is 0 Å².